The lowest BCUT2D eigenvalue weighted by Gasteiger charge is -2.33. The lowest BCUT2D eigenvalue weighted by Crippen LogP contribution is -2.44. The molecule has 3 heterocycles. The molecule has 3 rings (SSSR count). The van der Waals surface area contributed by atoms with Gasteiger partial charge in [-0.1, -0.05) is 6.92 Å². The van der Waals surface area contributed by atoms with Gasteiger partial charge in [0, 0.05) is 37.8 Å². The maximum Gasteiger partial charge on any atom is 0.339 e. The van der Waals surface area contributed by atoms with Crippen LogP contribution in [0.15, 0.2) is 0 Å². The van der Waals surface area contributed by atoms with Crippen molar-refractivity contribution in [2.24, 2.45) is 5.92 Å². The molecule has 1 N–H and O–H groups in total. The highest BCUT2D eigenvalue weighted by atomic mass is 16.5. The van der Waals surface area contributed by atoms with Crippen LogP contribution in [0, 0.1) is 12.8 Å². The second-order valence-electron chi connectivity index (χ2n) is 7.42. The fraction of sp³-hybridized carbons (Fsp3) is 0.650. The van der Waals surface area contributed by atoms with Gasteiger partial charge in [-0.2, -0.15) is 0 Å². The van der Waals surface area contributed by atoms with E-state index in [1.165, 1.54) is 7.11 Å². The Labute approximate surface area is 160 Å². The first-order chi connectivity index (χ1) is 13.0. The molecule has 148 valence electrons. The lowest BCUT2D eigenvalue weighted by molar-refractivity contribution is -0.135. The third-order valence-electron chi connectivity index (χ3n) is 5.83. The first kappa shape index (κ1) is 19.5. The van der Waals surface area contributed by atoms with Crippen molar-refractivity contribution >= 4 is 17.8 Å². The van der Waals surface area contributed by atoms with Gasteiger partial charge in [0.05, 0.1) is 12.7 Å². The molecule has 7 heteroatoms. The van der Waals surface area contributed by atoms with Crippen molar-refractivity contribution in [1.82, 2.24) is 14.8 Å². The van der Waals surface area contributed by atoms with E-state index < -0.39 is 5.97 Å². The number of H-pyrrole nitrogens is 1. The molecule has 0 saturated carbocycles. The predicted molar refractivity (Wildman–Crippen MR) is 101 cm³/mol. The number of nitrogens with zero attached hydrogens (tertiary/aromatic N) is 2. The molecule has 0 aliphatic carbocycles. The number of aryl methyl sites for hydroxylation is 1. The first-order valence-corrected chi connectivity index (χ1v) is 9.85. The summed E-state index contributed by atoms with van der Waals surface area (Å²) in [6, 6.07) is 0. The summed E-state index contributed by atoms with van der Waals surface area (Å²) >= 11 is 0. The molecular formula is C20H29N3O4. The van der Waals surface area contributed by atoms with Crippen LogP contribution in [-0.4, -0.2) is 65.9 Å². The number of aromatic amines is 1. The van der Waals surface area contributed by atoms with Gasteiger partial charge in [0.15, 0.2) is 0 Å². The van der Waals surface area contributed by atoms with Crippen molar-refractivity contribution in [3.8, 4) is 0 Å². The van der Waals surface area contributed by atoms with Crippen LogP contribution in [0.25, 0.3) is 0 Å². The molecule has 0 atom stereocenters. The zero-order valence-corrected chi connectivity index (χ0v) is 16.5. The zero-order chi connectivity index (χ0) is 19.6. The van der Waals surface area contributed by atoms with Gasteiger partial charge in [0.1, 0.15) is 5.69 Å². The summed E-state index contributed by atoms with van der Waals surface area (Å²) in [5.41, 5.74) is 2.28. The average Bonchev–Trinajstić information content (AvgIpc) is 3.34. The third kappa shape index (κ3) is 3.73. The number of likely N-dealkylation sites (tertiary alicyclic amines) is 2. The lowest BCUT2D eigenvalue weighted by atomic mass is 9.95. The Hall–Kier alpha value is -2.31. The molecule has 0 bridgehead atoms. The number of methoxy groups -OCH3 is 1. The molecule has 2 aliphatic heterocycles. The van der Waals surface area contributed by atoms with Gasteiger partial charge in [-0.25, -0.2) is 4.79 Å². The second-order valence-corrected chi connectivity index (χ2v) is 7.42. The van der Waals surface area contributed by atoms with Gasteiger partial charge in [-0.05, 0) is 44.6 Å². The summed E-state index contributed by atoms with van der Waals surface area (Å²) in [7, 11) is 1.35. The summed E-state index contributed by atoms with van der Waals surface area (Å²) in [6.45, 7) is 6.58. The third-order valence-corrected chi connectivity index (χ3v) is 5.83. The summed E-state index contributed by atoms with van der Waals surface area (Å²) < 4.78 is 4.86. The number of hydrogen-bond acceptors (Lipinski definition) is 4. The number of esters is 1. The summed E-state index contributed by atoms with van der Waals surface area (Å²) in [6.07, 6.45) is 4.20. The molecule has 1 aromatic rings. The number of ether oxygens (including phenoxy) is 1. The van der Waals surface area contributed by atoms with Gasteiger partial charge in [-0.3, -0.25) is 9.59 Å². The normalized spacial score (nSPS) is 18.0. The highest BCUT2D eigenvalue weighted by Gasteiger charge is 2.33. The highest BCUT2D eigenvalue weighted by Crippen LogP contribution is 2.26. The average molecular weight is 375 g/mol. The second kappa shape index (κ2) is 8.15. The van der Waals surface area contributed by atoms with Gasteiger partial charge >= 0.3 is 5.97 Å². The van der Waals surface area contributed by atoms with E-state index >= 15 is 0 Å². The van der Waals surface area contributed by atoms with E-state index in [1.54, 1.807) is 11.8 Å². The molecule has 0 unspecified atom stereocenters. The quantitative estimate of drug-likeness (QED) is 0.818. The van der Waals surface area contributed by atoms with Crippen LogP contribution in [0.4, 0.5) is 0 Å². The molecule has 27 heavy (non-hydrogen) atoms. The Balaban J connectivity index is 1.68. The fourth-order valence-corrected chi connectivity index (χ4v) is 4.20. The monoisotopic (exact) mass is 375 g/mol. The smallest absolute Gasteiger partial charge is 0.339 e. The largest absolute Gasteiger partial charge is 0.465 e. The Bertz CT molecular complexity index is 726. The van der Waals surface area contributed by atoms with Crippen molar-refractivity contribution in [1.29, 1.82) is 0 Å². The van der Waals surface area contributed by atoms with E-state index in [2.05, 4.69) is 4.98 Å². The standard InChI is InChI=1S/C20H29N3O4/c1-4-15-16(20(26)27-3)13(2)17(21-15)19(25)23-11-7-14(8-12-23)18(24)22-9-5-6-10-22/h14,21H,4-12H2,1-3H3. The minimum absolute atomic E-state index is 0.0220. The van der Waals surface area contributed by atoms with Crippen LogP contribution in [0.3, 0.4) is 0 Å². The number of carbonyl (C=O) groups excluding carboxylic acids is 3. The van der Waals surface area contributed by atoms with Crippen molar-refractivity contribution in [2.75, 3.05) is 33.3 Å². The van der Waals surface area contributed by atoms with Crippen molar-refractivity contribution < 1.29 is 19.1 Å². The van der Waals surface area contributed by atoms with Crippen LogP contribution in [-0.2, 0) is 16.0 Å². The molecule has 0 spiro atoms. The van der Waals surface area contributed by atoms with E-state index in [0.29, 0.717) is 49.2 Å². The van der Waals surface area contributed by atoms with E-state index in [4.69, 9.17) is 4.74 Å². The van der Waals surface area contributed by atoms with E-state index in [0.717, 1.165) is 31.6 Å². The molecule has 2 aliphatic rings. The number of piperidine rings is 1. The maximum atomic E-state index is 13.0. The van der Waals surface area contributed by atoms with Gasteiger partial charge in [0.2, 0.25) is 5.91 Å². The summed E-state index contributed by atoms with van der Waals surface area (Å²) in [4.78, 5) is 44.5. The number of aromatic nitrogens is 1. The Kier molecular flexibility index (Phi) is 5.87. The molecule has 2 saturated heterocycles. The van der Waals surface area contributed by atoms with Crippen molar-refractivity contribution in [2.45, 2.75) is 46.0 Å². The molecule has 0 radical (unpaired) electrons. The first-order valence-electron chi connectivity index (χ1n) is 9.85. The van der Waals surface area contributed by atoms with Gasteiger partial charge < -0.3 is 19.5 Å². The summed E-state index contributed by atoms with van der Waals surface area (Å²) in [5, 5.41) is 0. The number of rotatable bonds is 4. The fourth-order valence-electron chi connectivity index (χ4n) is 4.20. The van der Waals surface area contributed by atoms with Crippen LogP contribution in [0.2, 0.25) is 0 Å². The Morgan fingerprint density at radius 2 is 1.70 bits per heavy atom. The topological polar surface area (TPSA) is 82.7 Å². The van der Waals surface area contributed by atoms with Gasteiger partial charge in [0.25, 0.3) is 5.91 Å². The molecule has 0 aromatic carbocycles. The zero-order valence-electron chi connectivity index (χ0n) is 16.5. The molecule has 2 fully saturated rings. The molecule has 1 aromatic heterocycles. The number of amides is 2. The van der Waals surface area contributed by atoms with E-state index in [9.17, 15) is 14.4 Å². The highest BCUT2D eigenvalue weighted by molar-refractivity contribution is 6.00. The van der Waals surface area contributed by atoms with Crippen molar-refractivity contribution in [3.63, 3.8) is 0 Å². The van der Waals surface area contributed by atoms with Crippen LogP contribution in [0.5, 0.6) is 0 Å². The molecular weight excluding hydrogens is 346 g/mol. The maximum absolute atomic E-state index is 13.0. The number of nitrogens with one attached hydrogen (secondary N) is 1. The van der Waals surface area contributed by atoms with E-state index in [-0.39, 0.29) is 17.7 Å². The van der Waals surface area contributed by atoms with Crippen LogP contribution < -0.4 is 0 Å². The Morgan fingerprint density at radius 1 is 1.07 bits per heavy atom. The van der Waals surface area contributed by atoms with Crippen LogP contribution in [0.1, 0.15) is 64.7 Å². The van der Waals surface area contributed by atoms with Crippen molar-refractivity contribution in [3.05, 3.63) is 22.5 Å². The minimum Gasteiger partial charge on any atom is -0.465 e. The van der Waals surface area contributed by atoms with Crippen LogP contribution >= 0.6 is 0 Å². The number of hydrogen-bond donors (Lipinski definition) is 1. The summed E-state index contributed by atoms with van der Waals surface area (Å²) in [5.74, 6) is -0.260. The molecule has 7 nitrogen and oxygen atoms in total. The Morgan fingerprint density at radius 3 is 2.26 bits per heavy atom. The van der Waals surface area contributed by atoms with E-state index in [1.807, 2.05) is 11.8 Å². The number of carbonyl (C=O) groups is 3. The predicted octanol–water partition coefficient (Wildman–Crippen LogP) is 2.15. The molecule has 2 amide bonds. The SMILES string of the molecule is CCc1[nH]c(C(=O)N2CCC(C(=O)N3CCCC3)CC2)c(C)c1C(=O)OC. The van der Waals surface area contributed by atoms with Gasteiger partial charge in [-0.15, -0.1) is 0 Å². The minimum atomic E-state index is -0.422.